The molecule has 0 aromatic carbocycles. The third-order valence-electron chi connectivity index (χ3n) is 3.62. The highest BCUT2D eigenvalue weighted by atomic mass is 16.3. The summed E-state index contributed by atoms with van der Waals surface area (Å²) in [5.41, 5.74) is 1.28. The van der Waals surface area contributed by atoms with Crippen LogP contribution in [0.5, 0.6) is 0 Å². The van der Waals surface area contributed by atoms with E-state index in [0.717, 1.165) is 37.7 Å². The van der Waals surface area contributed by atoms with Crippen molar-refractivity contribution in [1.82, 2.24) is 10.2 Å². The van der Waals surface area contributed by atoms with Crippen LogP contribution in [0.3, 0.4) is 0 Å². The molecule has 0 saturated heterocycles. The summed E-state index contributed by atoms with van der Waals surface area (Å²) >= 11 is 0. The number of nitrogens with zero attached hydrogens (tertiary/aromatic N) is 1. The van der Waals surface area contributed by atoms with Gasteiger partial charge in [-0.1, -0.05) is 20.8 Å². The molecular formula is C15H28N2O. The highest BCUT2D eigenvalue weighted by Crippen LogP contribution is 2.17. The van der Waals surface area contributed by atoms with Crippen LogP contribution in [0.4, 0.5) is 0 Å². The summed E-state index contributed by atoms with van der Waals surface area (Å²) in [6.45, 7) is 14.8. The molecule has 1 unspecified atom stereocenters. The fourth-order valence-electron chi connectivity index (χ4n) is 2.14. The van der Waals surface area contributed by atoms with E-state index >= 15 is 0 Å². The van der Waals surface area contributed by atoms with Gasteiger partial charge in [-0.15, -0.1) is 0 Å². The average Bonchev–Trinajstić information content (AvgIpc) is 2.72. The van der Waals surface area contributed by atoms with Gasteiger partial charge in [0.05, 0.1) is 6.54 Å². The van der Waals surface area contributed by atoms with Crippen LogP contribution in [0.25, 0.3) is 0 Å². The first-order valence-corrected chi connectivity index (χ1v) is 7.15. The van der Waals surface area contributed by atoms with E-state index in [0.29, 0.717) is 6.04 Å². The SMILES string of the molecule is CCNCc1cc(CN(CC)C(C)CC)oc1C. The number of hydrogen-bond donors (Lipinski definition) is 1. The number of rotatable bonds is 8. The summed E-state index contributed by atoms with van der Waals surface area (Å²) < 4.78 is 5.86. The van der Waals surface area contributed by atoms with E-state index in [-0.39, 0.29) is 0 Å². The zero-order valence-electron chi connectivity index (χ0n) is 12.5. The summed E-state index contributed by atoms with van der Waals surface area (Å²) in [5, 5.41) is 3.35. The fourth-order valence-corrected chi connectivity index (χ4v) is 2.14. The van der Waals surface area contributed by atoms with E-state index in [2.05, 4.69) is 50.9 Å². The molecule has 0 aliphatic rings. The van der Waals surface area contributed by atoms with Crippen molar-refractivity contribution in [3.05, 3.63) is 23.2 Å². The Kier molecular flexibility index (Phi) is 6.44. The molecule has 1 aromatic heterocycles. The molecule has 1 N–H and O–H groups in total. The van der Waals surface area contributed by atoms with Gasteiger partial charge >= 0.3 is 0 Å². The standard InChI is InChI=1S/C15H28N2O/c1-6-12(4)17(8-3)11-15-9-14(10-16-7-2)13(5)18-15/h9,12,16H,6-8,10-11H2,1-5H3. The Morgan fingerprint density at radius 2 is 2.06 bits per heavy atom. The van der Waals surface area contributed by atoms with Crippen LogP contribution in [-0.4, -0.2) is 24.0 Å². The summed E-state index contributed by atoms with van der Waals surface area (Å²) in [6, 6.07) is 2.81. The molecule has 0 saturated carbocycles. The summed E-state index contributed by atoms with van der Waals surface area (Å²) in [7, 11) is 0. The molecule has 3 heteroatoms. The molecule has 0 fully saturated rings. The second-order valence-corrected chi connectivity index (χ2v) is 4.89. The maximum atomic E-state index is 5.86. The van der Waals surface area contributed by atoms with E-state index in [1.807, 2.05) is 0 Å². The van der Waals surface area contributed by atoms with Gasteiger partial charge in [-0.3, -0.25) is 4.90 Å². The Morgan fingerprint density at radius 1 is 1.33 bits per heavy atom. The number of furan rings is 1. The lowest BCUT2D eigenvalue weighted by molar-refractivity contribution is 0.189. The quantitative estimate of drug-likeness (QED) is 0.769. The monoisotopic (exact) mass is 252 g/mol. The first kappa shape index (κ1) is 15.3. The number of nitrogens with one attached hydrogen (secondary N) is 1. The van der Waals surface area contributed by atoms with Gasteiger partial charge in [-0.25, -0.2) is 0 Å². The maximum absolute atomic E-state index is 5.86. The summed E-state index contributed by atoms with van der Waals surface area (Å²) in [4.78, 5) is 2.45. The minimum atomic E-state index is 0.609. The molecule has 3 nitrogen and oxygen atoms in total. The third-order valence-corrected chi connectivity index (χ3v) is 3.62. The van der Waals surface area contributed by atoms with Crippen LogP contribution >= 0.6 is 0 Å². The molecule has 104 valence electrons. The lowest BCUT2D eigenvalue weighted by Gasteiger charge is -2.25. The lowest BCUT2D eigenvalue weighted by Crippen LogP contribution is -2.31. The molecule has 0 amide bonds. The van der Waals surface area contributed by atoms with Crippen molar-refractivity contribution in [2.24, 2.45) is 0 Å². The molecule has 1 atom stereocenters. The lowest BCUT2D eigenvalue weighted by atomic mass is 10.2. The smallest absolute Gasteiger partial charge is 0.118 e. The topological polar surface area (TPSA) is 28.4 Å². The molecule has 0 bridgehead atoms. The number of hydrogen-bond acceptors (Lipinski definition) is 3. The predicted octanol–water partition coefficient (Wildman–Crippen LogP) is 3.32. The highest BCUT2D eigenvalue weighted by Gasteiger charge is 2.14. The normalized spacial score (nSPS) is 13.2. The van der Waals surface area contributed by atoms with E-state index in [1.165, 1.54) is 12.0 Å². The predicted molar refractivity (Wildman–Crippen MR) is 76.7 cm³/mol. The highest BCUT2D eigenvalue weighted by molar-refractivity contribution is 5.20. The summed E-state index contributed by atoms with van der Waals surface area (Å²) in [5.74, 6) is 2.13. The largest absolute Gasteiger partial charge is 0.465 e. The second kappa shape index (κ2) is 7.59. The van der Waals surface area contributed by atoms with Gasteiger partial charge in [0.25, 0.3) is 0 Å². The Bertz CT molecular complexity index is 346. The Morgan fingerprint density at radius 3 is 2.61 bits per heavy atom. The first-order valence-electron chi connectivity index (χ1n) is 7.15. The molecule has 0 aliphatic carbocycles. The van der Waals surface area contributed by atoms with Crippen molar-refractivity contribution in [2.45, 2.75) is 60.2 Å². The van der Waals surface area contributed by atoms with Gasteiger partial charge in [0, 0.05) is 18.2 Å². The second-order valence-electron chi connectivity index (χ2n) is 4.89. The minimum absolute atomic E-state index is 0.609. The molecule has 0 radical (unpaired) electrons. The van der Waals surface area contributed by atoms with Crippen molar-refractivity contribution in [2.75, 3.05) is 13.1 Å². The molecule has 1 heterocycles. The Balaban J connectivity index is 2.66. The van der Waals surface area contributed by atoms with Crippen molar-refractivity contribution in [3.63, 3.8) is 0 Å². The van der Waals surface area contributed by atoms with Gasteiger partial charge in [-0.05, 0) is 39.4 Å². The van der Waals surface area contributed by atoms with Crippen molar-refractivity contribution in [1.29, 1.82) is 0 Å². The molecule has 18 heavy (non-hydrogen) atoms. The van der Waals surface area contributed by atoms with Crippen molar-refractivity contribution < 1.29 is 4.42 Å². The van der Waals surface area contributed by atoms with Gasteiger partial charge in [0.1, 0.15) is 11.5 Å². The first-order chi connectivity index (χ1) is 8.62. The van der Waals surface area contributed by atoms with E-state index in [1.54, 1.807) is 0 Å². The fraction of sp³-hybridized carbons (Fsp3) is 0.733. The molecule has 0 aliphatic heterocycles. The van der Waals surface area contributed by atoms with E-state index in [9.17, 15) is 0 Å². The third kappa shape index (κ3) is 4.14. The summed E-state index contributed by atoms with van der Waals surface area (Å²) in [6.07, 6.45) is 1.18. The molecular weight excluding hydrogens is 224 g/mol. The minimum Gasteiger partial charge on any atom is -0.465 e. The van der Waals surface area contributed by atoms with Crippen LogP contribution in [0, 0.1) is 6.92 Å². The average molecular weight is 252 g/mol. The molecule has 1 rings (SSSR count). The van der Waals surface area contributed by atoms with Gasteiger partial charge in [0.2, 0.25) is 0 Å². The van der Waals surface area contributed by atoms with E-state index < -0.39 is 0 Å². The zero-order chi connectivity index (χ0) is 13.5. The van der Waals surface area contributed by atoms with Gasteiger partial charge < -0.3 is 9.73 Å². The Hall–Kier alpha value is -0.800. The van der Waals surface area contributed by atoms with Crippen LogP contribution in [-0.2, 0) is 13.1 Å². The van der Waals surface area contributed by atoms with Crippen LogP contribution in [0.15, 0.2) is 10.5 Å². The molecule has 0 spiro atoms. The van der Waals surface area contributed by atoms with Crippen LogP contribution in [0.1, 0.15) is 51.2 Å². The van der Waals surface area contributed by atoms with E-state index in [4.69, 9.17) is 4.42 Å². The Labute approximate surface area is 112 Å². The van der Waals surface area contributed by atoms with Gasteiger partial charge in [0.15, 0.2) is 0 Å². The van der Waals surface area contributed by atoms with Crippen molar-refractivity contribution >= 4 is 0 Å². The molecule has 1 aromatic rings. The zero-order valence-corrected chi connectivity index (χ0v) is 12.5. The number of aryl methyl sites for hydroxylation is 1. The van der Waals surface area contributed by atoms with Crippen LogP contribution < -0.4 is 5.32 Å². The maximum Gasteiger partial charge on any atom is 0.118 e. The van der Waals surface area contributed by atoms with Crippen LogP contribution in [0.2, 0.25) is 0 Å². The van der Waals surface area contributed by atoms with Crippen molar-refractivity contribution in [3.8, 4) is 0 Å². The van der Waals surface area contributed by atoms with Gasteiger partial charge in [-0.2, -0.15) is 0 Å².